The molecule has 2 rings (SSSR count). The van der Waals surface area contributed by atoms with Crippen LogP contribution in [0.5, 0.6) is 0 Å². The highest BCUT2D eigenvalue weighted by molar-refractivity contribution is 7.07. The number of amides is 2. The molecule has 0 unspecified atom stereocenters. The number of hydrogen-bond donors (Lipinski definition) is 3. The average molecular weight is 443 g/mol. The monoisotopic (exact) mass is 442 g/mol. The zero-order valence-corrected chi connectivity index (χ0v) is 19.0. The molecule has 9 nitrogen and oxygen atoms in total. The number of nitrogens with zero attached hydrogens (tertiary/aromatic N) is 3. The van der Waals surface area contributed by atoms with E-state index in [0.29, 0.717) is 33.9 Å². The lowest BCUT2D eigenvalue weighted by molar-refractivity contribution is -0.123. The highest BCUT2D eigenvalue weighted by Crippen LogP contribution is 2.17. The van der Waals surface area contributed by atoms with Crippen LogP contribution in [0.2, 0.25) is 0 Å². The molecular weight excluding hydrogens is 416 g/mol. The number of thiazole rings is 1. The second-order valence-electron chi connectivity index (χ2n) is 7.57. The second kappa shape index (κ2) is 10.0. The van der Waals surface area contributed by atoms with Gasteiger partial charge in [-0.05, 0) is 26.0 Å². The maximum Gasteiger partial charge on any atom is 0.270 e. The summed E-state index contributed by atoms with van der Waals surface area (Å²) in [6.45, 7) is 9.62. The zero-order chi connectivity index (χ0) is 23.2. The number of hydrogen-bond acceptors (Lipinski definition) is 7. The molecule has 0 bridgehead atoms. The first kappa shape index (κ1) is 23.8. The number of pyridine rings is 1. The molecule has 2 amide bonds. The van der Waals surface area contributed by atoms with Crippen LogP contribution in [0.25, 0.3) is 11.8 Å². The van der Waals surface area contributed by atoms with Crippen molar-refractivity contribution in [1.29, 1.82) is 5.26 Å². The van der Waals surface area contributed by atoms with Crippen LogP contribution in [0.4, 0.5) is 11.6 Å². The third kappa shape index (κ3) is 5.79. The van der Waals surface area contributed by atoms with Gasteiger partial charge in [-0.1, -0.05) is 26.8 Å². The van der Waals surface area contributed by atoms with Crippen molar-refractivity contribution in [3.63, 3.8) is 0 Å². The van der Waals surface area contributed by atoms with Crippen LogP contribution >= 0.6 is 11.3 Å². The van der Waals surface area contributed by atoms with E-state index in [4.69, 9.17) is 0 Å². The van der Waals surface area contributed by atoms with E-state index in [2.05, 4.69) is 20.9 Å². The first-order valence-electron chi connectivity index (χ1n) is 9.79. The summed E-state index contributed by atoms with van der Waals surface area (Å²) in [4.78, 5) is 41.4. The Kier molecular flexibility index (Phi) is 7.72. The van der Waals surface area contributed by atoms with Crippen molar-refractivity contribution < 1.29 is 9.59 Å². The van der Waals surface area contributed by atoms with Crippen molar-refractivity contribution in [2.75, 3.05) is 17.2 Å². The van der Waals surface area contributed by atoms with Gasteiger partial charge in [-0.3, -0.25) is 19.0 Å². The van der Waals surface area contributed by atoms with Gasteiger partial charge in [0.1, 0.15) is 26.9 Å². The van der Waals surface area contributed by atoms with Crippen molar-refractivity contribution in [2.24, 2.45) is 5.41 Å². The summed E-state index contributed by atoms with van der Waals surface area (Å²) in [5.74, 6) is 0.126. The van der Waals surface area contributed by atoms with E-state index in [-0.39, 0.29) is 17.0 Å². The Morgan fingerprint density at radius 3 is 2.52 bits per heavy atom. The van der Waals surface area contributed by atoms with E-state index in [9.17, 15) is 19.6 Å². The van der Waals surface area contributed by atoms with Gasteiger partial charge in [0.05, 0.1) is 0 Å². The average Bonchev–Trinajstić information content (AvgIpc) is 3.02. The largest absolute Gasteiger partial charge is 0.352 e. The van der Waals surface area contributed by atoms with E-state index in [0.717, 1.165) is 11.3 Å². The van der Waals surface area contributed by atoms with Crippen LogP contribution in [-0.2, 0) is 16.1 Å². The Balaban J connectivity index is 2.43. The number of nitriles is 1. The molecule has 2 heterocycles. The van der Waals surface area contributed by atoms with Gasteiger partial charge in [0, 0.05) is 24.7 Å². The molecular formula is C21H26N6O3S. The summed E-state index contributed by atoms with van der Waals surface area (Å²) in [6.07, 6.45) is 1.48. The smallest absolute Gasteiger partial charge is 0.270 e. The Labute approximate surface area is 184 Å². The van der Waals surface area contributed by atoms with E-state index in [1.54, 1.807) is 52.8 Å². The van der Waals surface area contributed by atoms with Gasteiger partial charge in [0.25, 0.3) is 11.5 Å². The molecule has 0 fully saturated rings. The topological polar surface area (TPSA) is 129 Å². The van der Waals surface area contributed by atoms with Gasteiger partial charge >= 0.3 is 0 Å². The number of carbonyl (C=O) groups excluding carboxylic acids is 2. The summed E-state index contributed by atoms with van der Waals surface area (Å²) in [7, 11) is 0. The second-order valence-corrected chi connectivity index (χ2v) is 8.60. The van der Waals surface area contributed by atoms with Gasteiger partial charge in [-0.15, -0.1) is 11.3 Å². The maximum absolute atomic E-state index is 12.7. The Morgan fingerprint density at radius 2 is 1.94 bits per heavy atom. The highest BCUT2D eigenvalue weighted by Gasteiger charge is 2.21. The third-order valence-electron chi connectivity index (χ3n) is 4.14. The Hall–Kier alpha value is -3.45. The minimum atomic E-state index is -0.561. The first-order valence-corrected chi connectivity index (χ1v) is 10.6. The van der Waals surface area contributed by atoms with Crippen molar-refractivity contribution >= 4 is 46.6 Å². The fraction of sp³-hybridized carbons (Fsp3) is 0.381. The van der Waals surface area contributed by atoms with Crippen LogP contribution in [0.1, 0.15) is 34.6 Å². The summed E-state index contributed by atoms with van der Waals surface area (Å²) in [5, 5.41) is 17.7. The molecule has 2 aromatic heterocycles. The number of rotatable bonds is 6. The van der Waals surface area contributed by atoms with Crippen LogP contribution < -0.4 is 30.7 Å². The SMILES string of the molecule is CCNC(=O)C(C#N)=c1sc(=CNc2cccc(NC(=O)C(C)(C)C)n2)c(=O)n1CC. The van der Waals surface area contributed by atoms with Crippen molar-refractivity contribution in [2.45, 2.75) is 41.2 Å². The van der Waals surface area contributed by atoms with Gasteiger partial charge < -0.3 is 16.0 Å². The molecule has 3 N–H and O–H groups in total. The van der Waals surface area contributed by atoms with Crippen molar-refractivity contribution in [3.05, 3.63) is 37.7 Å². The minimum absolute atomic E-state index is 0.101. The highest BCUT2D eigenvalue weighted by atomic mass is 32.1. The van der Waals surface area contributed by atoms with E-state index in [1.165, 1.54) is 10.8 Å². The minimum Gasteiger partial charge on any atom is -0.352 e. The number of aromatic nitrogens is 2. The zero-order valence-electron chi connectivity index (χ0n) is 18.2. The maximum atomic E-state index is 12.7. The lowest BCUT2D eigenvalue weighted by atomic mass is 9.96. The normalized spacial score (nSPS) is 12.7. The van der Waals surface area contributed by atoms with Gasteiger partial charge in [0.15, 0.2) is 5.57 Å². The molecule has 0 atom stereocenters. The lowest BCUT2D eigenvalue weighted by Crippen LogP contribution is -2.34. The Bertz CT molecular complexity index is 1200. The predicted octanol–water partition coefficient (Wildman–Crippen LogP) is 0.970. The van der Waals surface area contributed by atoms with E-state index >= 15 is 0 Å². The summed E-state index contributed by atoms with van der Waals surface area (Å²) < 4.78 is 2.01. The molecule has 31 heavy (non-hydrogen) atoms. The summed E-state index contributed by atoms with van der Waals surface area (Å²) >= 11 is 1.05. The third-order valence-corrected chi connectivity index (χ3v) is 5.27. The van der Waals surface area contributed by atoms with Gasteiger partial charge in [-0.25, -0.2) is 4.98 Å². The molecule has 0 aliphatic heterocycles. The number of nitrogens with one attached hydrogen (secondary N) is 3. The van der Waals surface area contributed by atoms with Crippen molar-refractivity contribution in [1.82, 2.24) is 14.9 Å². The standard InChI is InChI=1S/C21H26N6O3S/c1-6-23-17(28)13(11-22)19-27(7-2)18(29)14(31-19)12-24-15-9-8-10-16(25-15)26-20(30)21(3,4)5/h8-10,12H,6-7H2,1-5H3,(H,23,28)(H2,24,25,26,30). The summed E-state index contributed by atoms with van der Waals surface area (Å²) in [5.41, 5.74) is -0.978. The molecule has 164 valence electrons. The van der Waals surface area contributed by atoms with Crippen LogP contribution in [-0.4, -0.2) is 27.9 Å². The Morgan fingerprint density at radius 1 is 1.26 bits per heavy atom. The van der Waals surface area contributed by atoms with E-state index in [1.807, 2.05) is 6.07 Å². The molecule has 2 aromatic rings. The van der Waals surface area contributed by atoms with Crippen LogP contribution in [0.15, 0.2) is 23.0 Å². The fourth-order valence-corrected chi connectivity index (χ4v) is 3.55. The van der Waals surface area contributed by atoms with Crippen molar-refractivity contribution in [3.8, 4) is 6.07 Å². The van der Waals surface area contributed by atoms with Crippen LogP contribution in [0, 0.1) is 16.7 Å². The molecule has 0 saturated carbocycles. The molecule has 0 aliphatic rings. The van der Waals surface area contributed by atoms with E-state index < -0.39 is 11.3 Å². The molecule has 0 spiro atoms. The lowest BCUT2D eigenvalue weighted by Gasteiger charge is -2.17. The van der Waals surface area contributed by atoms with Gasteiger partial charge in [-0.2, -0.15) is 5.26 Å². The number of carbonyl (C=O) groups is 2. The molecule has 10 heteroatoms. The fourth-order valence-electron chi connectivity index (χ4n) is 2.47. The van der Waals surface area contributed by atoms with Gasteiger partial charge in [0.2, 0.25) is 5.91 Å². The quantitative estimate of drug-likeness (QED) is 0.611. The summed E-state index contributed by atoms with van der Waals surface area (Å²) in [6, 6.07) is 6.98. The predicted molar refractivity (Wildman–Crippen MR) is 122 cm³/mol. The molecule has 0 saturated heterocycles. The molecule has 0 aliphatic carbocycles. The van der Waals surface area contributed by atoms with Crippen LogP contribution in [0.3, 0.4) is 0 Å². The first-order chi connectivity index (χ1) is 14.6. The molecule has 0 aromatic carbocycles. The number of anilines is 2. The molecule has 0 radical (unpaired) electrons.